The number of hydrogen-bond donors (Lipinski definition) is 1. The summed E-state index contributed by atoms with van der Waals surface area (Å²) in [5, 5.41) is 9.82. The fraction of sp³-hybridized carbons (Fsp3) is 0.500. The molecular formula is C12H17F2NOS. The van der Waals surface area contributed by atoms with E-state index in [4.69, 9.17) is 0 Å². The summed E-state index contributed by atoms with van der Waals surface area (Å²) >= 11 is 1.69. The second-order valence-corrected chi connectivity index (χ2v) is 4.89. The third kappa shape index (κ3) is 4.26. The number of benzene rings is 1. The van der Waals surface area contributed by atoms with Crippen LogP contribution >= 0.6 is 11.8 Å². The van der Waals surface area contributed by atoms with Gasteiger partial charge in [-0.3, -0.25) is 0 Å². The van der Waals surface area contributed by atoms with Gasteiger partial charge < -0.3 is 10.0 Å². The van der Waals surface area contributed by atoms with Crippen molar-refractivity contribution in [2.45, 2.75) is 6.10 Å². The molecule has 0 radical (unpaired) electrons. The number of likely N-dealkylation sites (N-methyl/N-ethyl adjacent to an activating group) is 1. The molecule has 0 saturated carbocycles. The Morgan fingerprint density at radius 1 is 1.35 bits per heavy atom. The van der Waals surface area contributed by atoms with Crippen molar-refractivity contribution in [3.63, 3.8) is 0 Å². The van der Waals surface area contributed by atoms with E-state index >= 15 is 0 Å². The highest BCUT2D eigenvalue weighted by atomic mass is 32.2. The quantitative estimate of drug-likeness (QED) is 0.850. The molecule has 0 amide bonds. The van der Waals surface area contributed by atoms with E-state index in [1.54, 1.807) is 11.8 Å². The first kappa shape index (κ1) is 14.4. The molecule has 1 N–H and O–H groups in total. The molecule has 0 heterocycles. The van der Waals surface area contributed by atoms with Crippen molar-refractivity contribution in [2.24, 2.45) is 0 Å². The first-order valence-corrected chi connectivity index (χ1v) is 6.75. The van der Waals surface area contributed by atoms with Gasteiger partial charge in [0.1, 0.15) is 11.6 Å². The molecule has 1 aromatic rings. The largest absolute Gasteiger partial charge is 0.387 e. The van der Waals surface area contributed by atoms with Gasteiger partial charge in [0.2, 0.25) is 0 Å². The Balaban J connectivity index is 2.66. The zero-order chi connectivity index (χ0) is 12.8. The molecule has 0 aliphatic rings. The van der Waals surface area contributed by atoms with Crippen molar-refractivity contribution in [1.82, 2.24) is 4.90 Å². The lowest BCUT2D eigenvalue weighted by atomic mass is 10.1. The lowest BCUT2D eigenvalue weighted by Crippen LogP contribution is -2.27. The van der Waals surface area contributed by atoms with Crippen molar-refractivity contribution in [3.8, 4) is 0 Å². The number of nitrogens with zero attached hydrogens (tertiary/aromatic N) is 1. The predicted molar refractivity (Wildman–Crippen MR) is 67.2 cm³/mol. The summed E-state index contributed by atoms with van der Waals surface area (Å²) in [6.45, 7) is 0.993. The van der Waals surface area contributed by atoms with Crippen LogP contribution in [0.15, 0.2) is 18.2 Å². The number of aliphatic hydroxyl groups excluding tert-OH is 1. The van der Waals surface area contributed by atoms with Crippen LogP contribution in [0.2, 0.25) is 0 Å². The standard InChI is InChI=1S/C12H17F2NOS/c1-15(6-7-17-2)8-11(16)12-9(13)4-3-5-10(12)14/h3-5,11,16H,6-8H2,1-2H3. The highest BCUT2D eigenvalue weighted by Gasteiger charge is 2.18. The Morgan fingerprint density at radius 2 is 1.94 bits per heavy atom. The molecule has 0 bridgehead atoms. The zero-order valence-corrected chi connectivity index (χ0v) is 10.8. The Morgan fingerprint density at radius 3 is 2.47 bits per heavy atom. The van der Waals surface area contributed by atoms with Gasteiger partial charge in [-0.05, 0) is 25.4 Å². The highest BCUT2D eigenvalue weighted by molar-refractivity contribution is 7.98. The average Bonchev–Trinajstić information content (AvgIpc) is 2.26. The van der Waals surface area contributed by atoms with Gasteiger partial charge in [-0.15, -0.1) is 0 Å². The van der Waals surface area contributed by atoms with E-state index in [9.17, 15) is 13.9 Å². The zero-order valence-electron chi connectivity index (χ0n) is 9.99. The summed E-state index contributed by atoms with van der Waals surface area (Å²) < 4.78 is 26.8. The maximum atomic E-state index is 13.4. The van der Waals surface area contributed by atoms with E-state index in [2.05, 4.69) is 0 Å². The third-order valence-electron chi connectivity index (χ3n) is 2.49. The van der Waals surface area contributed by atoms with Gasteiger partial charge in [-0.2, -0.15) is 11.8 Å². The van der Waals surface area contributed by atoms with Gasteiger partial charge in [-0.25, -0.2) is 8.78 Å². The van der Waals surface area contributed by atoms with Crippen molar-refractivity contribution in [3.05, 3.63) is 35.4 Å². The van der Waals surface area contributed by atoms with Crippen molar-refractivity contribution >= 4 is 11.8 Å². The van der Waals surface area contributed by atoms with Crippen LogP contribution in [0.25, 0.3) is 0 Å². The van der Waals surface area contributed by atoms with Crippen LogP contribution in [0.5, 0.6) is 0 Å². The minimum absolute atomic E-state index is 0.221. The van der Waals surface area contributed by atoms with Crippen LogP contribution in [0.4, 0.5) is 8.78 Å². The smallest absolute Gasteiger partial charge is 0.131 e. The Kier molecular flexibility index (Phi) is 5.88. The SMILES string of the molecule is CSCCN(C)CC(O)c1c(F)cccc1F. The predicted octanol–water partition coefficient (Wildman–Crippen LogP) is 2.29. The lowest BCUT2D eigenvalue weighted by Gasteiger charge is -2.20. The summed E-state index contributed by atoms with van der Waals surface area (Å²) in [7, 11) is 1.82. The molecule has 0 fully saturated rings. The monoisotopic (exact) mass is 261 g/mol. The van der Waals surface area contributed by atoms with E-state index in [1.807, 2.05) is 18.2 Å². The molecule has 0 saturated heterocycles. The molecule has 0 aliphatic heterocycles. The van der Waals surface area contributed by atoms with Crippen molar-refractivity contribution < 1.29 is 13.9 Å². The lowest BCUT2D eigenvalue weighted by molar-refractivity contribution is 0.122. The van der Waals surface area contributed by atoms with Crippen LogP contribution in [0, 0.1) is 11.6 Å². The summed E-state index contributed by atoms with van der Waals surface area (Å²) in [4.78, 5) is 1.85. The van der Waals surface area contributed by atoms with Crippen LogP contribution < -0.4 is 0 Å². The first-order chi connectivity index (χ1) is 8.06. The van der Waals surface area contributed by atoms with E-state index in [0.717, 1.165) is 24.4 Å². The highest BCUT2D eigenvalue weighted by Crippen LogP contribution is 2.21. The Labute approximate surface area is 105 Å². The number of halogens is 2. The van der Waals surface area contributed by atoms with E-state index in [-0.39, 0.29) is 12.1 Å². The normalized spacial score (nSPS) is 13.1. The second-order valence-electron chi connectivity index (χ2n) is 3.91. The number of rotatable bonds is 6. The van der Waals surface area contributed by atoms with Crippen LogP contribution in [0.1, 0.15) is 11.7 Å². The molecule has 0 aliphatic carbocycles. The molecule has 1 rings (SSSR count). The minimum atomic E-state index is -1.14. The maximum Gasteiger partial charge on any atom is 0.131 e. The number of aliphatic hydroxyl groups is 1. The van der Waals surface area contributed by atoms with Gasteiger partial charge in [0.25, 0.3) is 0 Å². The molecule has 1 aromatic carbocycles. The summed E-state index contributed by atoms with van der Waals surface area (Å²) in [6, 6.07) is 3.60. The van der Waals surface area contributed by atoms with E-state index in [1.165, 1.54) is 6.07 Å². The number of hydrogen-bond acceptors (Lipinski definition) is 3. The van der Waals surface area contributed by atoms with Gasteiger partial charge in [0.05, 0.1) is 11.7 Å². The van der Waals surface area contributed by atoms with Crippen molar-refractivity contribution in [1.29, 1.82) is 0 Å². The third-order valence-corrected chi connectivity index (χ3v) is 3.09. The Hall–Kier alpha value is -0.650. The number of thioether (sulfide) groups is 1. The molecule has 2 nitrogen and oxygen atoms in total. The topological polar surface area (TPSA) is 23.5 Å². The molecule has 17 heavy (non-hydrogen) atoms. The van der Waals surface area contributed by atoms with Crippen molar-refractivity contribution in [2.75, 3.05) is 32.1 Å². The summed E-state index contributed by atoms with van der Waals surface area (Å²) in [6.07, 6.45) is 0.851. The van der Waals surface area contributed by atoms with Gasteiger partial charge in [0, 0.05) is 18.8 Å². The van der Waals surface area contributed by atoms with Gasteiger partial charge >= 0.3 is 0 Å². The van der Waals surface area contributed by atoms with E-state index in [0.29, 0.717) is 0 Å². The Bertz CT molecular complexity index is 342. The molecule has 5 heteroatoms. The van der Waals surface area contributed by atoms with Crippen LogP contribution in [-0.2, 0) is 0 Å². The first-order valence-electron chi connectivity index (χ1n) is 5.35. The fourth-order valence-electron chi connectivity index (χ4n) is 1.55. The van der Waals surface area contributed by atoms with Gasteiger partial charge in [0.15, 0.2) is 0 Å². The molecule has 1 unspecified atom stereocenters. The fourth-order valence-corrected chi connectivity index (χ4v) is 2.05. The van der Waals surface area contributed by atoms with E-state index < -0.39 is 17.7 Å². The van der Waals surface area contributed by atoms with Crippen LogP contribution in [0.3, 0.4) is 0 Å². The van der Waals surface area contributed by atoms with Gasteiger partial charge in [-0.1, -0.05) is 6.07 Å². The second kappa shape index (κ2) is 6.93. The molecular weight excluding hydrogens is 244 g/mol. The average molecular weight is 261 g/mol. The molecule has 0 aromatic heterocycles. The maximum absolute atomic E-state index is 13.4. The van der Waals surface area contributed by atoms with Crippen LogP contribution in [-0.4, -0.2) is 42.2 Å². The minimum Gasteiger partial charge on any atom is -0.387 e. The summed E-state index contributed by atoms with van der Waals surface area (Å²) in [5.74, 6) is -0.477. The molecule has 96 valence electrons. The molecule has 1 atom stereocenters. The summed E-state index contributed by atoms with van der Waals surface area (Å²) in [5.41, 5.74) is -0.247. The molecule has 0 spiro atoms.